The maximum Gasteiger partial charge on any atom is 0.310 e. The second-order valence-electron chi connectivity index (χ2n) is 11.2. The highest BCUT2D eigenvalue weighted by atomic mass is 32.2. The molecule has 1 spiro atoms. The quantitative estimate of drug-likeness (QED) is 0.212. The van der Waals surface area contributed by atoms with Gasteiger partial charge in [-0.3, -0.25) is 14.4 Å². The number of amides is 2. The number of carbonyl (C=O) groups excluding carboxylic acids is 3. The van der Waals surface area contributed by atoms with Gasteiger partial charge in [-0.25, -0.2) is 0 Å². The first kappa shape index (κ1) is 28.8. The summed E-state index contributed by atoms with van der Waals surface area (Å²) >= 11 is 1.68. The molecule has 0 radical (unpaired) electrons. The summed E-state index contributed by atoms with van der Waals surface area (Å²) in [5, 5.41) is 9.11. The van der Waals surface area contributed by atoms with Crippen molar-refractivity contribution in [3.8, 4) is 0 Å². The Kier molecular flexibility index (Phi) is 9.72. The van der Waals surface area contributed by atoms with Crippen molar-refractivity contribution in [1.29, 1.82) is 0 Å². The van der Waals surface area contributed by atoms with E-state index in [1.165, 1.54) is 0 Å². The number of esters is 1. The molecule has 8 heteroatoms. The van der Waals surface area contributed by atoms with E-state index in [2.05, 4.69) is 13.2 Å². The SMILES string of the molecule is C=CCCCOC(=O)[C@@H]1[C@H]2C(=O)N(CCCCCCO)C(C(=O)N(CC=C)C(C)(C)C)C23CC[C@H]1S3. The molecule has 7 nitrogen and oxygen atoms in total. The average Bonchev–Trinajstić information content (AvgIpc) is 3.46. The Morgan fingerprint density at radius 2 is 1.92 bits per heavy atom. The number of nitrogens with zero attached hydrogens (tertiary/aromatic N) is 2. The average molecular weight is 521 g/mol. The first-order chi connectivity index (χ1) is 17.1. The van der Waals surface area contributed by atoms with Crippen LogP contribution in [0.3, 0.4) is 0 Å². The van der Waals surface area contributed by atoms with Crippen molar-refractivity contribution in [1.82, 2.24) is 9.80 Å². The summed E-state index contributed by atoms with van der Waals surface area (Å²) in [7, 11) is 0. The lowest BCUT2D eigenvalue weighted by Crippen LogP contribution is -2.58. The Morgan fingerprint density at radius 3 is 2.56 bits per heavy atom. The number of ether oxygens (including phenoxy) is 1. The molecule has 2 bridgehead atoms. The van der Waals surface area contributed by atoms with Gasteiger partial charge in [0.15, 0.2) is 0 Å². The lowest BCUT2D eigenvalue weighted by atomic mass is 9.71. The van der Waals surface area contributed by atoms with Gasteiger partial charge in [-0.05, 0) is 59.3 Å². The highest BCUT2D eigenvalue weighted by Crippen LogP contribution is 2.66. The number of fused-ring (bicyclic) bond motifs is 1. The van der Waals surface area contributed by atoms with Crippen LogP contribution >= 0.6 is 11.8 Å². The molecule has 5 atom stereocenters. The summed E-state index contributed by atoms with van der Waals surface area (Å²) in [4.78, 5) is 45.0. The standard InChI is InChI=1S/C28H44N2O5S/c1-6-8-13-19-35-26(34)21-20-14-15-28(36-20)22(21)24(32)29(17-11-9-10-12-18-31)23(28)25(33)30(16-7-2)27(3,4)5/h6-7,20-23,31H,1-2,8-19H2,3-5H3/t20-,21+,22+,23?,28?/m1/s1. The van der Waals surface area contributed by atoms with Crippen LogP contribution in [0.1, 0.15) is 72.1 Å². The lowest BCUT2D eigenvalue weighted by molar-refractivity contribution is -0.154. The minimum atomic E-state index is -0.598. The summed E-state index contributed by atoms with van der Waals surface area (Å²) in [5.41, 5.74) is -0.430. The fraction of sp³-hybridized carbons (Fsp3) is 0.750. The molecule has 3 fully saturated rings. The van der Waals surface area contributed by atoms with Crippen molar-refractivity contribution in [3.63, 3.8) is 0 Å². The maximum atomic E-state index is 14.2. The largest absolute Gasteiger partial charge is 0.465 e. The number of hydrogen-bond acceptors (Lipinski definition) is 6. The molecule has 3 heterocycles. The van der Waals surface area contributed by atoms with Crippen molar-refractivity contribution in [2.24, 2.45) is 11.8 Å². The number of hydrogen-bond donors (Lipinski definition) is 1. The fourth-order valence-electron chi connectivity index (χ4n) is 6.16. The second kappa shape index (κ2) is 12.2. The van der Waals surface area contributed by atoms with Gasteiger partial charge < -0.3 is 19.6 Å². The molecule has 2 unspecified atom stereocenters. The van der Waals surface area contributed by atoms with Crippen LogP contribution in [0.4, 0.5) is 0 Å². The van der Waals surface area contributed by atoms with Crippen molar-refractivity contribution in [2.45, 2.75) is 93.7 Å². The van der Waals surface area contributed by atoms with E-state index in [1.807, 2.05) is 25.7 Å². The molecule has 0 aromatic rings. The van der Waals surface area contributed by atoms with Crippen molar-refractivity contribution >= 4 is 29.5 Å². The number of rotatable bonds is 14. The van der Waals surface area contributed by atoms with Crippen LogP contribution in [0.5, 0.6) is 0 Å². The third-order valence-corrected chi connectivity index (χ3v) is 9.75. The van der Waals surface area contributed by atoms with Gasteiger partial charge in [-0.2, -0.15) is 0 Å². The third kappa shape index (κ3) is 5.54. The Morgan fingerprint density at radius 1 is 1.19 bits per heavy atom. The molecule has 2 amide bonds. The zero-order valence-corrected chi connectivity index (χ0v) is 23.1. The number of allylic oxidation sites excluding steroid dienone is 1. The number of thioether (sulfide) groups is 1. The van der Waals surface area contributed by atoms with Gasteiger partial charge in [0.2, 0.25) is 11.8 Å². The number of aliphatic hydroxyl groups excluding tert-OH is 1. The molecule has 3 saturated heterocycles. The minimum absolute atomic E-state index is 0.00958. The van der Waals surface area contributed by atoms with Gasteiger partial charge >= 0.3 is 5.97 Å². The molecular formula is C28H44N2O5S. The van der Waals surface area contributed by atoms with E-state index >= 15 is 0 Å². The predicted octanol–water partition coefficient (Wildman–Crippen LogP) is 3.95. The summed E-state index contributed by atoms with van der Waals surface area (Å²) in [5.74, 6) is -1.46. The highest BCUT2D eigenvalue weighted by Gasteiger charge is 2.74. The maximum absolute atomic E-state index is 14.2. The molecule has 3 aliphatic rings. The van der Waals surface area contributed by atoms with Gasteiger partial charge in [0.05, 0.1) is 23.2 Å². The number of likely N-dealkylation sites (tertiary alicyclic amines) is 1. The Bertz CT molecular complexity index is 840. The van der Waals surface area contributed by atoms with Crippen LogP contribution in [-0.2, 0) is 19.1 Å². The van der Waals surface area contributed by atoms with E-state index in [9.17, 15) is 14.4 Å². The molecule has 36 heavy (non-hydrogen) atoms. The number of aliphatic hydroxyl groups is 1. The molecule has 3 rings (SSSR count). The predicted molar refractivity (Wildman–Crippen MR) is 143 cm³/mol. The van der Waals surface area contributed by atoms with Crippen LogP contribution in [0.2, 0.25) is 0 Å². The van der Waals surface area contributed by atoms with Gasteiger partial charge in [-0.15, -0.1) is 24.9 Å². The Hall–Kier alpha value is -1.80. The van der Waals surface area contributed by atoms with Gasteiger partial charge in [-0.1, -0.05) is 25.0 Å². The Labute approximate surface area is 220 Å². The van der Waals surface area contributed by atoms with Crippen molar-refractivity contribution < 1.29 is 24.2 Å². The molecule has 1 N–H and O–H groups in total. The van der Waals surface area contributed by atoms with E-state index in [-0.39, 0.29) is 29.6 Å². The molecule has 0 aromatic carbocycles. The van der Waals surface area contributed by atoms with Gasteiger partial charge in [0.1, 0.15) is 6.04 Å². The van der Waals surface area contributed by atoms with E-state index in [0.717, 1.165) is 44.9 Å². The minimum Gasteiger partial charge on any atom is -0.465 e. The summed E-state index contributed by atoms with van der Waals surface area (Å²) < 4.78 is 5.03. The monoisotopic (exact) mass is 520 g/mol. The van der Waals surface area contributed by atoms with Crippen LogP contribution in [0, 0.1) is 11.8 Å². The zero-order valence-electron chi connectivity index (χ0n) is 22.2. The fourth-order valence-corrected chi connectivity index (χ4v) is 8.36. The van der Waals surface area contributed by atoms with Crippen LogP contribution in [0.15, 0.2) is 25.3 Å². The highest BCUT2D eigenvalue weighted by molar-refractivity contribution is 8.02. The Balaban J connectivity index is 1.90. The number of carbonyl (C=O) groups is 3. The van der Waals surface area contributed by atoms with Gasteiger partial charge in [0.25, 0.3) is 0 Å². The molecule has 0 aliphatic carbocycles. The zero-order chi connectivity index (χ0) is 26.5. The van der Waals surface area contributed by atoms with Gasteiger partial charge in [0, 0.05) is 30.5 Å². The topological polar surface area (TPSA) is 87.1 Å². The molecule has 0 aromatic heterocycles. The molecular weight excluding hydrogens is 476 g/mol. The number of unbranched alkanes of at least 4 members (excludes halogenated alkanes) is 4. The smallest absolute Gasteiger partial charge is 0.310 e. The summed E-state index contributed by atoms with van der Waals surface area (Å²) in [6.45, 7) is 14.9. The van der Waals surface area contributed by atoms with E-state index in [0.29, 0.717) is 26.1 Å². The normalized spacial score (nSPS) is 28.8. The third-order valence-electron chi connectivity index (χ3n) is 7.80. The van der Waals surface area contributed by atoms with Crippen molar-refractivity contribution in [3.05, 3.63) is 25.3 Å². The van der Waals surface area contributed by atoms with E-state index in [4.69, 9.17) is 9.84 Å². The first-order valence-corrected chi connectivity index (χ1v) is 14.3. The second-order valence-corrected chi connectivity index (χ2v) is 12.8. The molecule has 202 valence electrons. The van der Waals surface area contributed by atoms with E-state index in [1.54, 1.807) is 28.8 Å². The molecule has 0 saturated carbocycles. The van der Waals surface area contributed by atoms with Crippen LogP contribution < -0.4 is 0 Å². The van der Waals surface area contributed by atoms with Crippen LogP contribution in [-0.4, -0.2) is 80.6 Å². The summed E-state index contributed by atoms with van der Waals surface area (Å²) in [6.07, 6.45) is 9.84. The first-order valence-electron chi connectivity index (χ1n) is 13.4. The van der Waals surface area contributed by atoms with Crippen molar-refractivity contribution in [2.75, 3.05) is 26.3 Å². The lowest BCUT2D eigenvalue weighted by Gasteiger charge is -2.42. The summed E-state index contributed by atoms with van der Waals surface area (Å²) in [6, 6.07) is -0.597. The van der Waals surface area contributed by atoms with E-state index < -0.39 is 28.2 Å². The molecule has 3 aliphatic heterocycles. The van der Waals surface area contributed by atoms with Crippen LogP contribution in [0.25, 0.3) is 0 Å².